The number of nitrogens with one attached hydrogen (secondary N) is 1. The second kappa shape index (κ2) is 9.12. The number of carbonyl (C=O) groups excluding carboxylic acids is 1. The van der Waals surface area contributed by atoms with Gasteiger partial charge >= 0.3 is 0 Å². The van der Waals surface area contributed by atoms with E-state index in [4.69, 9.17) is 9.26 Å². The van der Waals surface area contributed by atoms with Crippen molar-refractivity contribution in [1.29, 1.82) is 0 Å². The Kier molecular flexibility index (Phi) is 6.28. The first-order chi connectivity index (χ1) is 15.3. The van der Waals surface area contributed by atoms with E-state index >= 15 is 0 Å². The van der Waals surface area contributed by atoms with E-state index in [1.165, 1.54) is 6.26 Å². The van der Waals surface area contributed by atoms with Crippen molar-refractivity contribution >= 4 is 11.6 Å². The smallest absolute Gasteiger partial charge is 0.256 e. The Labute approximate surface area is 188 Å². The van der Waals surface area contributed by atoms with Crippen LogP contribution < -0.4 is 10.2 Å². The van der Waals surface area contributed by atoms with E-state index in [0.29, 0.717) is 17.8 Å². The van der Waals surface area contributed by atoms with E-state index < -0.39 is 0 Å². The third-order valence-electron chi connectivity index (χ3n) is 5.69. The van der Waals surface area contributed by atoms with Crippen LogP contribution in [0.3, 0.4) is 0 Å². The van der Waals surface area contributed by atoms with Crippen molar-refractivity contribution in [2.24, 2.45) is 0 Å². The molecule has 1 N–H and O–H groups in total. The van der Waals surface area contributed by atoms with Crippen LogP contribution in [0.5, 0.6) is 0 Å². The highest BCUT2D eigenvalue weighted by atomic mass is 16.5. The molecule has 7 nitrogen and oxygen atoms in total. The van der Waals surface area contributed by atoms with Crippen LogP contribution in [0.2, 0.25) is 0 Å². The van der Waals surface area contributed by atoms with Gasteiger partial charge in [0, 0.05) is 36.7 Å². The lowest BCUT2D eigenvalue weighted by Gasteiger charge is -2.38. The predicted octanol–water partition coefficient (Wildman–Crippen LogP) is 4.21. The number of hydrogen-bond acceptors (Lipinski definition) is 6. The third-order valence-corrected chi connectivity index (χ3v) is 5.69. The molecule has 0 radical (unpaired) electrons. The molecule has 1 aliphatic rings. The van der Waals surface area contributed by atoms with Gasteiger partial charge in [-0.1, -0.05) is 11.2 Å². The van der Waals surface area contributed by atoms with Crippen LogP contribution in [0.15, 0.2) is 41.1 Å². The van der Waals surface area contributed by atoms with Crippen molar-refractivity contribution in [2.45, 2.75) is 53.4 Å². The lowest BCUT2D eigenvalue weighted by molar-refractivity contribution is -0.00527. The Hall–Kier alpha value is -3.19. The van der Waals surface area contributed by atoms with Gasteiger partial charge in [-0.05, 0) is 75.6 Å². The van der Waals surface area contributed by atoms with Crippen LogP contribution in [0.4, 0.5) is 5.69 Å². The number of aromatic nitrogens is 2. The molecule has 168 valence electrons. The van der Waals surface area contributed by atoms with Crippen LogP contribution in [0.1, 0.15) is 46.9 Å². The summed E-state index contributed by atoms with van der Waals surface area (Å²) in [4.78, 5) is 19.5. The van der Waals surface area contributed by atoms with Crippen molar-refractivity contribution in [3.63, 3.8) is 0 Å². The number of benzene rings is 1. The van der Waals surface area contributed by atoms with Crippen molar-refractivity contribution in [2.75, 3.05) is 18.0 Å². The zero-order valence-electron chi connectivity index (χ0n) is 19.3. The zero-order valence-corrected chi connectivity index (χ0v) is 19.3. The van der Waals surface area contributed by atoms with E-state index in [2.05, 4.69) is 64.5 Å². The Bertz CT molecular complexity index is 1090. The molecule has 2 atom stereocenters. The van der Waals surface area contributed by atoms with Crippen LogP contribution >= 0.6 is 0 Å². The number of amides is 1. The summed E-state index contributed by atoms with van der Waals surface area (Å²) in [6.45, 7) is 12.0. The molecule has 4 rings (SSSR count). The highest BCUT2D eigenvalue weighted by molar-refractivity contribution is 5.94. The SMILES string of the molecule is Cc1cc(-c2ccc(N3CC(C)OC(C)C3)c(CNC(=O)c3conc3C)c2)cc(C)n1. The fourth-order valence-corrected chi connectivity index (χ4v) is 4.37. The summed E-state index contributed by atoms with van der Waals surface area (Å²) in [6, 6.07) is 10.6. The molecule has 1 aromatic carbocycles. The number of ether oxygens (including phenoxy) is 1. The van der Waals surface area contributed by atoms with Gasteiger partial charge in [-0.2, -0.15) is 0 Å². The van der Waals surface area contributed by atoms with Crippen LogP contribution in [0.25, 0.3) is 11.1 Å². The van der Waals surface area contributed by atoms with Crippen LogP contribution in [-0.2, 0) is 11.3 Å². The molecule has 1 fully saturated rings. The standard InChI is InChI=1S/C25H30N4O3/c1-15-8-21(9-16(2)27-15)20-6-7-24(29-12-17(3)32-18(4)13-29)22(10-20)11-26-25(30)23-14-31-28-19(23)5/h6-10,14,17-18H,11-13H2,1-5H3,(H,26,30). The third kappa shape index (κ3) is 4.83. The van der Waals surface area contributed by atoms with E-state index in [-0.39, 0.29) is 18.1 Å². The maximum atomic E-state index is 12.7. The highest BCUT2D eigenvalue weighted by Crippen LogP contribution is 2.30. The molecule has 1 amide bonds. The first-order valence-corrected chi connectivity index (χ1v) is 11.0. The second-order valence-corrected chi connectivity index (χ2v) is 8.64. The molecule has 2 aromatic heterocycles. The second-order valence-electron chi connectivity index (χ2n) is 8.64. The van der Waals surface area contributed by atoms with E-state index in [9.17, 15) is 4.79 Å². The number of morpholine rings is 1. The molecular weight excluding hydrogens is 404 g/mol. The molecule has 1 aliphatic heterocycles. The van der Waals surface area contributed by atoms with E-state index in [1.54, 1.807) is 6.92 Å². The fourth-order valence-electron chi connectivity index (χ4n) is 4.37. The Balaban J connectivity index is 1.67. The molecule has 3 aromatic rings. The number of anilines is 1. The first kappa shape index (κ1) is 22.0. The van der Waals surface area contributed by atoms with Gasteiger partial charge < -0.3 is 19.5 Å². The number of carbonyl (C=O) groups is 1. The summed E-state index contributed by atoms with van der Waals surface area (Å²) in [5.74, 6) is -0.195. The molecule has 2 unspecified atom stereocenters. The number of hydrogen-bond donors (Lipinski definition) is 1. The molecular formula is C25H30N4O3. The minimum absolute atomic E-state index is 0.144. The minimum Gasteiger partial charge on any atom is -0.372 e. The van der Waals surface area contributed by atoms with Gasteiger partial charge in [-0.25, -0.2) is 0 Å². The average molecular weight is 435 g/mol. The molecule has 0 aliphatic carbocycles. The van der Waals surface area contributed by atoms with Gasteiger partial charge in [0.1, 0.15) is 11.8 Å². The lowest BCUT2D eigenvalue weighted by Crippen LogP contribution is -2.46. The summed E-state index contributed by atoms with van der Waals surface area (Å²) in [5, 5.41) is 6.84. The molecule has 7 heteroatoms. The number of aryl methyl sites for hydroxylation is 3. The molecule has 0 bridgehead atoms. The Morgan fingerprint density at radius 2 is 1.75 bits per heavy atom. The van der Waals surface area contributed by atoms with Gasteiger partial charge in [-0.3, -0.25) is 9.78 Å². The largest absolute Gasteiger partial charge is 0.372 e. The summed E-state index contributed by atoms with van der Waals surface area (Å²) in [6.07, 6.45) is 1.67. The molecule has 0 spiro atoms. The van der Waals surface area contributed by atoms with Gasteiger partial charge in [0.2, 0.25) is 0 Å². The molecule has 32 heavy (non-hydrogen) atoms. The van der Waals surface area contributed by atoms with Crippen LogP contribution in [0, 0.1) is 20.8 Å². The Morgan fingerprint density at radius 3 is 2.38 bits per heavy atom. The van der Waals surface area contributed by atoms with Gasteiger partial charge in [-0.15, -0.1) is 0 Å². The average Bonchev–Trinajstić information content (AvgIpc) is 3.16. The first-order valence-electron chi connectivity index (χ1n) is 11.0. The predicted molar refractivity (Wildman–Crippen MR) is 124 cm³/mol. The number of rotatable bonds is 5. The lowest BCUT2D eigenvalue weighted by atomic mass is 10.00. The van der Waals surface area contributed by atoms with Crippen molar-refractivity contribution in [3.05, 3.63) is 64.8 Å². The van der Waals surface area contributed by atoms with E-state index in [1.807, 2.05) is 13.8 Å². The molecule has 0 saturated carbocycles. The summed E-state index contributed by atoms with van der Waals surface area (Å²) >= 11 is 0. The van der Waals surface area contributed by atoms with Crippen molar-refractivity contribution in [1.82, 2.24) is 15.5 Å². The van der Waals surface area contributed by atoms with Gasteiger partial charge in [0.25, 0.3) is 5.91 Å². The zero-order chi connectivity index (χ0) is 22.8. The monoisotopic (exact) mass is 434 g/mol. The highest BCUT2D eigenvalue weighted by Gasteiger charge is 2.24. The fraction of sp³-hybridized carbons (Fsp3) is 0.400. The van der Waals surface area contributed by atoms with Crippen molar-refractivity contribution in [3.8, 4) is 11.1 Å². The summed E-state index contributed by atoms with van der Waals surface area (Å²) in [5.41, 5.74) is 7.39. The van der Waals surface area contributed by atoms with Gasteiger partial charge in [0.05, 0.1) is 17.9 Å². The molecule has 1 saturated heterocycles. The van der Waals surface area contributed by atoms with Crippen molar-refractivity contribution < 1.29 is 14.1 Å². The maximum absolute atomic E-state index is 12.7. The summed E-state index contributed by atoms with van der Waals surface area (Å²) < 4.78 is 10.8. The summed E-state index contributed by atoms with van der Waals surface area (Å²) in [7, 11) is 0. The minimum atomic E-state index is -0.195. The van der Waals surface area contributed by atoms with Gasteiger partial charge in [0.15, 0.2) is 0 Å². The Morgan fingerprint density at radius 1 is 1.06 bits per heavy atom. The quantitative estimate of drug-likeness (QED) is 0.648. The number of pyridine rings is 1. The number of nitrogens with zero attached hydrogens (tertiary/aromatic N) is 3. The normalized spacial score (nSPS) is 18.6. The van der Waals surface area contributed by atoms with E-state index in [0.717, 1.165) is 46.9 Å². The topological polar surface area (TPSA) is 80.5 Å². The van der Waals surface area contributed by atoms with Crippen LogP contribution in [-0.4, -0.2) is 41.3 Å². The molecule has 3 heterocycles. The maximum Gasteiger partial charge on any atom is 0.256 e.